The number of aryl methyl sites for hydroxylation is 1. The van der Waals surface area contributed by atoms with Crippen molar-refractivity contribution in [2.45, 2.75) is 47.0 Å². The molecule has 7 heteroatoms. The lowest BCUT2D eigenvalue weighted by Crippen LogP contribution is -2.10. The van der Waals surface area contributed by atoms with Gasteiger partial charge in [0.15, 0.2) is 5.84 Å². The fraction of sp³-hybridized carbons (Fsp3) is 0.450. The third-order valence-corrected chi connectivity index (χ3v) is 4.64. The fourth-order valence-corrected chi connectivity index (χ4v) is 2.81. The van der Waals surface area contributed by atoms with Gasteiger partial charge in [0.1, 0.15) is 5.78 Å². The topological polar surface area (TPSA) is 83.2 Å². The second-order valence-electron chi connectivity index (χ2n) is 5.92. The van der Waals surface area contributed by atoms with Crippen molar-refractivity contribution in [2.24, 2.45) is 15.0 Å². The van der Waals surface area contributed by atoms with Gasteiger partial charge in [-0.05, 0) is 44.0 Å². The fourth-order valence-electron chi connectivity index (χ4n) is 2.09. The van der Waals surface area contributed by atoms with Crippen LogP contribution in [0.3, 0.4) is 0 Å². The van der Waals surface area contributed by atoms with E-state index in [1.54, 1.807) is 14.0 Å². The van der Waals surface area contributed by atoms with Crippen LogP contribution in [0.1, 0.15) is 51.2 Å². The molecule has 2 amide bonds. The lowest BCUT2D eigenvalue weighted by Gasteiger charge is -2.09. The number of unbranched alkanes of at least 4 members (excludes halogenated alkanes) is 1. The van der Waals surface area contributed by atoms with Crippen LogP contribution in [-0.2, 0) is 4.79 Å². The summed E-state index contributed by atoms with van der Waals surface area (Å²) in [5.74, 6) is 1.14. The van der Waals surface area contributed by atoms with Gasteiger partial charge in [-0.3, -0.25) is 9.79 Å². The number of rotatable bonds is 7. The van der Waals surface area contributed by atoms with Crippen LogP contribution in [0, 0.1) is 6.92 Å². The highest BCUT2D eigenvalue weighted by Crippen LogP contribution is 2.18. The number of urea groups is 1. The summed E-state index contributed by atoms with van der Waals surface area (Å²) in [6, 6.07) is 5.18. The molecule has 0 fully saturated rings. The number of amides is 2. The predicted molar refractivity (Wildman–Crippen MR) is 117 cm³/mol. The van der Waals surface area contributed by atoms with E-state index in [-0.39, 0.29) is 5.78 Å². The first kappa shape index (κ1) is 22.8. The zero-order valence-corrected chi connectivity index (χ0v) is 17.5. The molecule has 0 saturated heterocycles. The highest BCUT2D eigenvalue weighted by molar-refractivity contribution is 8.14. The molecule has 0 atom stereocenters. The first-order valence-corrected chi connectivity index (χ1v) is 10.0. The minimum atomic E-state index is -0.454. The average molecular weight is 389 g/mol. The van der Waals surface area contributed by atoms with Crippen molar-refractivity contribution in [3.05, 3.63) is 29.3 Å². The summed E-state index contributed by atoms with van der Waals surface area (Å²) in [6.45, 7) is 7.55. The molecular formula is C20H28N4O2S. The summed E-state index contributed by atoms with van der Waals surface area (Å²) >= 11 is 1.28. The van der Waals surface area contributed by atoms with E-state index < -0.39 is 6.03 Å². The molecule has 0 aromatic heterocycles. The van der Waals surface area contributed by atoms with Crippen LogP contribution in [0.2, 0.25) is 0 Å². The molecule has 0 spiro atoms. The predicted octanol–water partition coefficient (Wildman–Crippen LogP) is 4.90. The van der Waals surface area contributed by atoms with Gasteiger partial charge >= 0.3 is 6.03 Å². The first-order chi connectivity index (χ1) is 12.9. The Balaban J connectivity index is 2.79. The summed E-state index contributed by atoms with van der Waals surface area (Å²) in [4.78, 5) is 36.0. The monoisotopic (exact) mass is 388 g/mol. The number of hydrogen-bond donors (Lipinski definition) is 1. The maximum absolute atomic E-state index is 12.1. The highest BCUT2D eigenvalue weighted by atomic mass is 32.2. The van der Waals surface area contributed by atoms with Crippen molar-refractivity contribution >= 4 is 46.4 Å². The third kappa shape index (κ3) is 8.30. The normalized spacial score (nSPS) is 12.5. The molecule has 1 rings (SSSR count). The van der Waals surface area contributed by atoms with E-state index in [1.807, 2.05) is 38.3 Å². The lowest BCUT2D eigenvalue weighted by molar-refractivity contribution is -0.116. The molecular weight excluding hydrogens is 360 g/mol. The van der Waals surface area contributed by atoms with E-state index in [0.29, 0.717) is 28.7 Å². The van der Waals surface area contributed by atoms with Crippen molar-refractivity contribution in [3.63, 3.8) is 0 Å². The minimum absolute atomic E-state index is 0.136. The van der Waals surface area contributed by atoms with Gasteiger partial charge in [-0.2, -0.15) is 4.99 Å². The van der Waals surface area contributed by atoms with E-state index in [4.69, 9.17) is 0 Å². The van der Waals surface area contributed by atoms with Gasteiger partial charge in [-0.25, -0.2) is 9.79 Å². The molecule has 0 saturated carbocycles. The Kier molecular flexibility index (Phi) is 10.3. The number of hydrogen-bond acceptors (Lipinski definition) is 4. The van der Waals surface area contributed by atoms with E-state index in [0.717, 1.165) is 24.0 Å². The van der Waals surface area contributed by atoms with Gasteiger partial charge in [-0.1, -0.05) is 20.3 Å². The van der Waals surface area contributed by atoms with Gasteiger partial charge in [0.2, 0.25) is 0 Å². The quantitative estimate of drug-likeness (QED) is 0.532. The summed E-state index contributed by atoms with van der Waals surface area (Å²) in [7, 11) is 1.71. The number of carbonyl (C=O) groups excluding carboxylic acids is 2. The second-order valence-corrected chi connectivity index (χ2v) is 7.09. The van der Waals surface area contributed by atoms with Crippen molar-refractivity contribution < 1.29 is 9.59 Å². The first-order valence-electron chi connectivity index (χ1n) is 9.02. The molecule has 0 heterocycles. The van der Waals surface area contributed by atoms with Crippen molar-refractivity contribution in [3.8, 4) is 0 Å². The average Bonchev–Trinajstić information content (AvgIpc) is 2.65. The minimum Gasteiger partial charge on any atom is -0.306 e. The van der Waals surface area contributed by atoms with Gasteiger partial charge in [0, 0.05) is 30.9 Å². The third-order valence-electron chi connectivity index (χ3n) is 3.66. The van der Waals surface area contributed by atoms with Crippen LogP contribution in [0.5, 0.6) is 0 Å². The summed E-state index contributed by atoms with van der Waals surface area (Å²) in [5.41, 5.74) is 2.48. The zero-order valence-electron chi connectivity index (χ0n) is 16.7. The van der Waals surface area contributed by atoms with Crippen LogP contribution in [0.15, 0.2) is 33.2 Å². The lowest BCUT2D eigenvalue weighted by atomic mass is 10.1. The summed E-state index contributed by atoms with van der Waals surface area (Å²) < 4.78 is 0. The smallest absolute Gasteiger partial charge is 0.306 e. The molecule has 146 valence electrons. The highest BCUT2D eigenvalue weighted by Gasteiger charge is 2.08. The van der Waals surface area contributed by atoms with E-state index in [9.17, 15) is 9.59 Å². The Morgan fingerprint density at radius 3 is 2.59 bits per heavy atom. The summed E-state index contributed by atoms with van der Waals surface area (Å²) in [5, 5.41) is 3.34. The standard InChI is InChI=1S/C20H28N4O2S/c1-6-8-11-22-19(21-5)16-9-10-18(14(3)12-16)24-20(26)23-15(4)27-13-17(25)7-2/h9-12H,6-8,13H2,1-5H3,(H,24,26)/b21-19-,22-11-,23-15-. The number of carbonyl (C=O) groups is 2. The van der Waals surface area contributed by atoms with Gasteiger partial charge in [-0.15, -0.1) is 11.8 Å². The largest absolute Gasteiger partial charge is 0.346 e. The van der Waals surface area contributed by atoms with Crippen LogP contribution in [-0.4, -0.2) is 41.7 Å². The number of anilines is 1. The molecule has 1 N–H and O–H groups in total. The Bertz CT molecular complexity index is 754. The Labute approximate surface area is 165 Å². The van der Waals surface area contributed by atoms with Crippen molar-refractivity contribution in [2.75, 3.05) is 18.1 Å². The van der Waals surface area contributed by atoms with Crippen LogP contribution >= 0.6 is 11.8 Å². The Hall–Kier alpha value is -2.28. The molecule has 27 heavy (non-hydrogen) atoms. The molecule has 0 aliphatic heterocycles. The van der Waals surface area contributed by atoms with Crippen LogP contribution in [0.4, 0.5) is 10.5 Å². The van der Waals surface area contributed by atoms with Crippen LogP contribution < -0.4 is 5.32 Å². The van der Waals surface area contributed by atoms with Gasteiger partial charge in [0.05, 0.1) is 10.8 Å². The van der Waals surface area contributed by atoms with Crippen molar-refractivity contribution in [1.29, 1.82) is 0 Å². The molecule has 1 aromatic rings. The maximum Gasteiger partial charge on any atom is 0.346 e. The molecule has 6 nitrogen and oxygen atoms in total. The number of nitrogens with zero attached hydrogens (tertiary/aromatic N) is 3. The number of Topliss-reactive ketones (excluding diaryl/α,β-unsaturated/α-hetero) is 1. The van der Waals surface area contributed by atoms with Crippen molar-refractivity contribution in [1.82, 2.24) is 0 Å². The van der Waals surface area contributed by atoms with Crippen LogP contribution in [0.25, 0.3) is 0 Å². The molecule has 0 aliphatic carbocycles. The molecule has 0 bridgehead atoms. The molecule has 0 unspecified atom stereocenters. The van der Waals surface area contributed by atoms with Gasteiger partial charge in [0.25, 0.3) is 0 Å². The Morgan fingerprint density at radius 2 is 2.00 bits per heavy atom. The SMILES string of the molecule is CCC/C=N\C(=N/C)c1ccc(NC(=O)/N=C(/C)SCC(=O)CC)c(C)c1. The maximum atomic E-state index is 12.1. The second kappa shape index (κ2) is 12.2. The van der Waals surface area contributed by atoms with E-state index >= 15 is 0 Å². The summed E-state index contributed by atoms with van der Waals surface area (Å²) in [6.07, 6.45) is 4.30. The molecule has 1 aromatic carbocycles. The Morgan fingerprint density at radius 1 is 1.26 bits per heavy atom. The number of ketones is 1. The number of aliphatic imine (C=N–C) groups is 3. The van der Waals surface area contributed by atoms with Gasteiger partial charge < -0.3 is 5.32 Å². The van der Waals surface area contributed by atoms with E-state index in [2.05, 4.69) is 27.2 Å². The molecule has 0 aliphatic rings. The number of amidine groups is 1. The number of benzene rings is 1. The zero-order chi connectivity index (χ0) is 20.2. The van der Waals surface area contributed by atoms with E-state index in [1.165, 1.54) is 11.8 Å². The number of nitrogens with one attached hydrogen (secondary N) is 1. The molecule has 0 radical (unpaired) electrons. The number of thioether (sulfide) groups is 1.